The summed E-state index contributed by atoms with van der Waals surface area (Å²) < 4.78 is 0. The molecule has 2 heterocycles. The second kappa shape index (κ2) is 3.37. The summed E-state index contributed by atoms with van der Waals surface area (Å²) in [6, 6.07) is 3.61. The molecule has 0 fully saturated rings. The maximum absolute atomic E-state index is 6.06. The second-order valence-electron chi connectivity index (χ2n) is 3.21. The van der Waals surface area contributed by atoms with Crippen LogP contribution in [-0.2, 0) is 0 Å². The summed E-state index contributed by atoms with van der Waals surface area (Å²) in [7, 11) is 0. The lowest BCUT2D eigenvalue weighted by Crippen LogP contribution is -1.91. The Morgan fingerprint density at radius 1 is 1.07 bits per heavy atom. The molecular formula is C10H8Cl2N2. The van der Waals surface area contributed by atoms with Gasteiger partial charge in [0.15, 0.2) is 5.65 Å². The van der Waals surface area contributed by atoms with Crippen molar-refractivity contribution in [3.05, 3.63) is 33.6 Å². The number of aryl methyl sites for hydroxylation is 2. The van der Waals surface area contributed by atoms with Crippen molar-refractivity contribution in [3.8, 4) is 0 Å². The smallest absolute Gasteiger partial charge is 0.162 e. The minimum absolute atomic E-state index is 0.375. The van der Waals surface area contributed by atoms with Gasteiger partial charge in [-0.25, -0.2) is 9.97 Å². The van der Waals surface area contributed by atoms with Crippen LogP contribution in [0.3, 0.4) is 0 Å². The second-order valence-corrected chi connectivity index (χ2v) is 4.00. The molecule has 4 heteroatoms. The Bertz CT molecular complexity index is 466. The lowest BCUT2D eigenvalue weighted by molar-refractivity contribution is 1.19. The summed E-state index contributed by atoms with van der Waals surface area (Å²) in [5.41, 5.74) is 2.60. The molecule has 0 atom stereocenters. The van der Waals surface area contributed by atoms with Crippen LogP contribution in [0.1, 0.15) is 11.3 Å². The van der Waals surface area contributed by atoms with Gasteiger partial charge in [-0.1, -0.05) is 23.2 Å². The Morgan fingerprint density at radius 3 is 2.50 bits per heavy atom. The molecule has 0 radical (unpaired) electrons. The molecule has 2 nitrogen and oxygen atoms in total. The van der Waals surface area contributed by atoms with E-state index in [1.54, 1.807) is 6.07 Å². The summed E-state index contributed by atoms with van der Waals surface area (Å²) in [6.07, 6.45) is 0. The van der Waals surface area contributed by atoms with Crippen LogP contribution in [0.4, 0.5) is 0 Å². The quantitative estimate of drug-likeness (QED) is 0.643. The normalized spacial score (nSPS) is 10.9. The number of pyridine rings is 2. The first-order valence-electron chi connectivity index (χ1n) is 4.18. The van der Waals surface area contributed by atoms with E-state index in [2.05, 4.69) is 9.97 Å². The van der Waals surface area contributed by atoms with Gasteiger partial charge >= 0.3 is 0 Å². The molecule has 2 rings (SSSR count). The molecule has 2 aromatic heterocycles. The summed E-state index contributed by atoms with van der Waals surface area (Å²) >= 11 is 11.8. The number of fused-ring (bicyclic) bond motifs is 1. The third-order valence-electron chi connectivity index (χ3n) is 2.02. The third-order valence-corrected chi connectivity index (χ3v) is 2.51. The molecular weight excluding hydrogens is 219 g/mol. The highest BCUT2D eigenvalue weighted by molar-refractivity contribution is 6.37. The third kappa shape index (κ3) is 1.56. The van der Waals surface area contributed by atoms with E-state index < -0.39 is 0 Å². The molecule has 14 heavy (non-hydrogen) atoms. The van der Waals surface area contributed by atoms with Gasteiger partial charge in [-0.15, -0.1) is 0 Å². The maximum Gasteiger partial charge on any atom is 0.162 e. The van der Waals surface area contributed by atoms with Crippen molar-refractivity contribution in [3.63, 3.8) is 0 Å². The van der Waals surface area contributed by atoms with Crippen LogP contribution in [0.25, 0.3) is 11.0 Å². The van der Waals surface area contributed by atoms with Crippen LogP contribution in [0.15, 0.2) is 12.1 Å². The lowest BCUT2D eigenvalue weighted by atomic mass is 10.1. The number of hydrogen-bond acceptors (Lipinski definition) is 2. The molecule has 0 amide bonds. The van der Waals surface area contributed by atoms with Gasteiger partial charge in [-0.05, 0) is 31.5 Å². The molecule has 0 N–H and O–H groups in total. The van der Waals surface area contributed by atoms with Crippen molar-refractivity contribution >= 4 is 34.2 Å². The fourth-order valence-electron chi connectivity index (χ4n) is 1.50. The van der Waals surface area contributed by atoms with Crippen LogP contribution < -0.4 is 0 Å². The topological polar surface area (TPSA) is 25.8 Å². The first-order valence-corrected chi connectivity index (χ1v) is 4.93. The van der Waals surface area contributed by atoms with Gasteiger partial charge < -0.3 is 0 Å². The number of rotatable bonds is 0. The highest BCUT2D eigenvalue weighted by Gasteiger charge is 2.07. The van der Waals surface area contributed by atoms with Gasteiger partial charge in [0.1, 0.15) is 5.15 Å². The lowest BCUT2D eigenvalue weighted by Gasteiger charge is -2.04. The monoisotopic (exact) mass is 226 g/mol. The molecule has 0 bridgehead atoms. The molecule has 0 unspecified atom stereocenters. The first-order chi connectivity index (χ1) is 6.58. The highest BCUT2D eigenvalue weighted by atomic mass is 35.5. The van der Waals surface area contributed by atoms with Crippen molar-refractivity contribution in [2.75, 3.05) is 0 Å². The Kier molecular flexibility index (Phi) is 2.33. The van der Waals surface area contributed by atoms with Crippen LogP contribution >= 0.6 is 23.2 Å². The zero-order chi connectivity index (χ0) is 10.3. The van der Waals surface area contributed by atoms with Crippen LogP contribution in [0.5, 0.6) is 0 Å². The van der Waals surface area contributed by atoms with Gasteiger partial charge in [0.25, 0.3) is 0 Å². The van der Waals surface area contributed by atoms with Gasteiger partial charge in [0, 0.05) is 11.1 Å². The van der Waals surface area contributed by atoms with E-state index in [1.165, 1.54) is 0 Å². The van der Waals surface area contributed by atoms with Crippen molar-refractivity contribution in [2.45, 2.75) is 13.8 Å². The largest absolute Gasteiger partial charge is 0.233 e. The average Bonchev–Trinajstić information content (AvgIpc) is 1.99. The van der Waals surface area contributed by atoms with Crippen molar-refractivity contribution in [2.24, 2.45) is 0 Å². The summed E-state index contributed by atoms with van der Waals surface area (Å²) in [4.78, 5) is 8.41. The molecule has 0 aromatic carbocycles. The molecule has 0 saturated heterocycles. The zero-order valence-corrected chi connectivity index (χ0v) is 9.32. The van der Waals surface area contributed by atoms with Gasteiger partial charge in [-0.3, -0.25) is 0 Å². The van der Waals surface area contributed by atoms with Crippen LogP contribution in [0, 0.1) is 13.8 Å². The minimum atomic E-state index is 0.375. The molecule has 72 valence electrons. The SMILES string of the molecule is Cc1cc(C)c2c(Cl)cc(Cl)nc2n1. The van der Waals surface area contributed by atoms with Crippen LogP contribution in [-0.4, -0.2) is 9.97 Å². The van der Waals surface area contributed by atoms with E-state index in [1.807, 2.05) is 19.9 Å². The number of nitrogens with zero attached hydrogens (tertiary/aromatic N) is 2. The standard InChI is InChI=1S/C10H8Cl2N2/c1-5-3-6(2)13-10-9(5)7(11)4-8(12)14-10/h3-4H,1-2H3. The highest BCUT2D eigenvalue weighted by Crippen LogP contribution is 2.27. The predicted molar refractivity (Wildman–Crippen MR) is 59.0 cm³/mol. The van der Waals surface area contributed by atoms with Crippen molar-refractivity contribution in [1.82, 2.24) is 9.97 Å². The summed E-state index contributed by atoms with van der Waals surface area (Å²) in [5.74, 6) is 0. The van der Waals surface area contributed by atoms with Crippen molar-refractivity contribution in [1.29, 1.82) is 0 Å². The fraction of sp³-hybridized carbons (Fsp3) is 0.200. The molecule has 0 aliphatic heterocycles. The molecule has 0 spiro atoms. The van der Waals surface area contributed by atoms with E-state index in [4.69, 9.17) is 23.2 Å². The predicted octanol–water partition coefficient (Wildman–Crippen LogP) is 3.55. The maximum atomic E-state index is 6.06. The number of aromatic nitrogens is 2. The first kappa shape index (κ1) is 9.69. The number of hydrogen-bond donors (Lipinski definition) is 0. The van der Waals surface area contributed by atoms with Gasteiger partial charge in [0.05, 0.1) is 5.02 Å². The average molecular weight is 227 g/mol. The Labute approximate surface area is 91.9 Å². The molecule has 2 aromatic rings. The van der Waals surface area contributed by atoms with Crippen molar-refractivity contribution < 1.29 is 0 Å². The molecule has 0 aliphatic rings. The summed E-state index contributed by atoms with van der Waals surface area (Å²) in [6.45, 7) is 3.90. The minimum Gasteiger partial charge on any atom is -0.233 e. The van der Waals surface area contributed by atoms with E-state index in [0.29, 0.717) is 15.8 Å². The Balaban J connectivity index is 2.94. The van der Waals surface area contributed by atoms with E-state index in [0.717, 1.165) is 16.6 Å². The Morgan fingerprint density at radius 2 is 1.79 bits per heavy atom. The van der Waals surface area contributed by atoms with Gasteiger partial charge in [0.2, 0.25) is 0 Å². The zero-order valence-electron chi connectivity index (χ0n) is 7.81. The fourth-order valence-corrected chi connectivity index (χ4v) is 2.09. The Hall–Kier alpha value is -0.860. The number of halogens is 2. The van der Waals surface area contributed by atoms with E-state index >= 15 is 0 Å². The molecule has 0 aliphatic carbocycles. The van der Waals surface area contributed by atoms with Crippen LogP contribution in [0.2, 0.25) is 10.2 Å². The molecule has 0 saturated carbocycles. The van der Waals surface area contributed by atoms with E-state index in [-0.39, 0.29) is 0 Å². The van der Waals surface area contributed by atoms with E-state index in [9.17, 15) is 0 Å². The van der Waals surface area contributed by atoms with Gasteiger partial charge in [-0.2, -0.15) is 0 Å². The summed E-state index contributed by atoms with van der Waals surface area (Å²) in [5, 5.41) is 1.85.